The fraction of sp³-hybridized carbons (Fsp3) is 0.417. The number of nitrogens with one attached hydrogen (secondary N) is 1. The Balaban J connectivity index is 0.00000289. The van der Waals surface area contributed by atoms with Gasteiger partial charge in [-0.2, -0.15) is 0 Å². The molecule has 1 aromatic carbocycles. The Bertz CT molecular complexity index is 411. The van der Waals surface area contributed by atoms with E-state index in [0.29, 0.717) is 11.6 Å². The molecule has 0 spiro atoms. The molecule has 0 saturated carbocycles. The van der Waals surface area contributed by atoms with Gasteiger partial charge in [0.1, 0.15) is 6.04 Å². The second-order valence-corrected chi connectivity index (χ2v) is 4.42. The molecule has 0 aliphatic heterocycles. The molecule has 0 aliphatic carbocycles. The predicted molar refractivity (Wildman–Crippen MR) is 74.9 cm³/mol. The van der Waals surface area contributed by atoms with Crippen molar-refractivity contribution < 1.29 is 9.90 Å². The average Bonchev–Trinajstić information content (AvgIpc) is 2.29. The second kappa shape index (κ2) is 7.59. The predicted octanol–water partition coefficient (Wildman–Crippen LogP) is 1.39. The summed E-state index contributed by atoms with van der Waals surface area (Å²) in [5, 5.41) is 12.5. The van der Waals surface area contributed by atoms with Gasteiger partial charge in [-0.25, -0.2) is 0 Å². The Morgan fingerprint density at radius 3 is 2.72 bits per heavy atom. The van der Waals surface area contributed by atoms with Crippen LogP contribution in [0.5, 0.6) is 0 Å². The molecule has 1 rings (SSSR count). The van der Waals surface area contributed by atoms with Crippen molar-refractivity contribution in [3.05, 3.63) is 34.3 Å². The fourth-order valence-corrected chi connectivity index (χ4v) is 1.56. The molecule has 4 nitrogen and oxygen atoms in total. The molecule has 0 bridgehead atoms. The normalized spacial score (nSPS) is 13.4. The van der Waals surface area contributed by atoms with Gasteiger partial charge in [0.2, 0.25) is 5.91 Å². The average molecular weight is 293 g/mol. The van der Waals surface area contributed by atoms with Gasteiger partial charge in [0, 0.05) is 11.6 Å². The van der Waals surface area contributed by atoms with Crippen LogP contribution in [-0.2, 0) is 11.3 Å². The van der Waals surface area contributed by atoms with Crippen LogP contribution in [0.25, 0.3) is 0 Å². The Labute approximate surface area is 118 Å². The van der Waals surface area contributed by atoms with Crippen molar-refractivity contribution in [2.24, 2.45) is 5.73 Å². The largest absolute Gasteiger partial charge is 0.391 e. The van der Waals surface area contributed by atoms with E-state index in [1.165, 1.54) is 6.92 Å². The maximum Gasteiger partial charge on any atom is 0.239 e. The first kappa shape index (κ1) is 17.2. The quantitative estimate of drug-likeness (QED) is 0.785. The van der Waals surface area contributed by atoms with Crippen molar-refractivity contribution in [1.29, 1.82) is 0 Å². The fourth-order valence-electron chi connectivity index (χ4n) is 1.36. The third kappa shape index (κ3) is 4.46. The highest BCUT2D eigenvalue weighted by Crippen LogP contribution is 2.18. The van der Waals surface area contributed by atoms with E-state index in [-0.39, 0.29) is 18.3 Å². The number of carbonyl (C=O) groups is 1. The number of aliphatic hydroxyl groups excluding tert-OH is 1. The summed E-state index contributed by atoms with van der Waals surface area (Å²) in [4.78, 5) is 11.5. The summed E-state index contributed by atoms with van der Waals surface area (Å²) >= 11 is 5.96. The van der Waals surface area contributed by atoms with Crippen LogP contribution >= 0.6 is 24.0 Å². The van der Waals surface area contributed by atoms with E-state index in [0.717, 1.165) is 11.1 Å². The molecule has 1 aromatic rings. The Kier molecular flexibility index (Phi) is 7.25. The lowest BCUT2D eigenvalue weighted by Crippen LogP contribution is -2.46. The molecule has 1 amide bonds. The molecule has 0 aliphatic rings. The first-order chi connectivity index (χ1) is 7.93. The minimum Gasteiger partial charge on any atom is -0.391 e. The molecule has 0 heterocycles. The van der Waals surface area contributed by atoms with Crippen molar-refractivity contribution >= 4 is 29.9 Å². The van der Waals surface area contributed by atoms with Gasteiger partial charge >= 0.3 is 0 Å². The summed E-state index contributed by atoms with van der Waals surface area (Å²) < 4.78 is 0. The SMILES string of the molecule is Cc1c(Cl)cccc1CNC(=O)[C@@H](N)[C@@H](C)O.Cl. The van der Waals surface area contributed by atoms with Crippen molar-refractivity contribution in [3.8, 4) is 0 Å². The van der Waals surface area contributed by atoms with E-state index in [1.807, 2.05) is 19.1 Å². The zero-order valence-corrected chi connectivity index (χ0v) is 11.9. The van der Waals surface area contributed by atoms with Gasteiger partial charge in [0.15, 0.2) is 0 Å². The molecule has 102 valence electrons. The lowest BCUT2D eigenvalue weighted by molar-refractivity contribution is -0.124. The van der Waals surface area contributed by atoms with E-state index in [4.69, 9.17) is 17.3 Å². The minimum atomic E-state index is -0.908. The molecule has 0 aromatic heterocycles. The summed E-state index contributed by atoms with van der Waals surface area (Å²) in [5.74, 6) is -0.376. The number of hydrogen-bond donors (Lipinski definition) is 3. The van der Waals surface area contributed by atoms with E-state index < -0.39 is 12.1 Å². The molecular formula is C12H18Cl2N2O2. The van der Waals surface area contributed by atoms with Crippen LogP contribution in [-0.4, -0.2) is 23.2 Å². The Morgan fingerprint density at radius 1 is 1.56 bits per heavy atom. The molecule has 0 fully saturated rings. The van der Waals surface area contributed by atoms with Crippen LogP contribution in [0.3, 0.4) is 0 Å². The van der Waals surface area contributed by atoms with Gasteiger partial charge in [-0.05, 0) is 31.0 Å². The number of rotatable bonds is 4. The highest BCUT2D eigenvalue weighted by molar-refractivity contribution is 6.31. The second-order valence-electron chi connectivity index (χ2n) is 4.01. The van der Waals surface area contributed by atoms with Gasteiger partial charge in [-0.1, -0.05) is 23.7 Å². The number of benzene rings is 1. The van der Waals surface area contributed by atoms with E-state index >= 15 is 0 Å². The summed E-state index contributed by atoms with van der Waals surface area (Å²) in [6.07, 6.45) is -0.865. The number of carbonyl (C=O) groups excluding carboxylic acids is 1. The summed E-state index contributed by atoms with van der Waals surface area (Å²) in [5.41, 5.74) is 7.37. The number of amides is 1. The molecular weight excluding hydrogens is 275 g/mol. The highest BCUT2D eigenvalue weighted by atomic mass is 35.5. The van der Waals surface area contributed by atoms with Crippen LogP contribution < -0.4 is 11.1 Å². The number of nitrogens with two attached hydrogens (primary N) is 1. The molecule has 6 heteroatoms. The summed E-state index contributed by atoms with van der Waals surface area (Å²) in [6, 6.07) is 4.60. The zero-order valence-electron chi connectivity index (χ0n) is 10.3. The van der Waals surface area contributed by atoms with E-state index in [2.05, 4.69) is 5.32 Å². The maximum absolute atomic E-state index is 11.5. The van der Waals surface area contributed by atoms with Crippen molar-refractivity contribution in [3.63, 3.8) is 0 Å². The van der Waals surface area contributed by atoms with Gasteiger partial charge < -0.3 is 16.2 Å². The standard InChI is InChI=1S/C12H17ClN2O2.ClH/c1-7-9(4-3-5-10(7)13)6-15-12(17)11(14)8(2)16;/h3-5,8,11,16H,6,14H2,1-2H3,(H,15,17);1H/t8-,11+;/m1./s1. The van der Waals surface area contributed by atoms with Gasteiger partial charge in [0.05, 0.1) is 6.10 Å². The van der Waals surface area contributed by atoms with E-state index in [9.17, 15) is 9.90 Å². The first-order valence-electron chi connectivity index (χ1n) is 5.39. The summed E-state index contributed by atoms with van der Waals surface area (Å²) in [7, 11) is 0. The monoisotopic (exact) mass is 292 g/mol. The molecule has 4 N–H and O–H groups in total. The highest BCUT2D eigenvalue weighted by Gasteiger charge is 2.18. The molecule has 18 heavy (non-hydrogen) atoms. The van der Waals surface area contributed by atoms with Crippen LogP contribution in [0, 0.1) is 6.92 Å². The summed E-state index contributed by atoms with van der Waals surface area (Å²) in [6.45, 7) is 3.72. The lowest BCUT2D eigenvalue weighted by atomic mass is 10.1. The third-order valence-electron chi connectivity index (χ3n) is 2.66. The minimum absolute atomic E-state index is 0. The van der Waals surface area contributed by atoms with Gasteiger partial charge in [0.25, 0.3) is 0 Å². The molecule has 0 saturated heterocycles. The van der Waals surface area contributed by atoms with Crippen LogP contribution in [0.2, 0.25) is 5.02 Å². The van der Waals surface area contributed by atoms with Crippen LogP contribution in [0.1, 0.15) is 18.1 Å². The van der Waals surface area contributed by atoms with Crippen LogP contribution in [0.4, 0.5) is 0 Å². The lowest BCUT2D eigenvalue weighted by Gasteiger charge is -2.15. The van der Waals surface area contributed by atoms with Gasteiger partial charge in [-0.15, -0.1) is 12.4 Å². The topological polar surface area (TPSA) is 75.4 Å². The Morgan fingerprint density at radius 2 is 2.17 bits per heavy atom. The van der Waals surface area contributed by atoms with Crippen molar-refractivity contribution in [1.82, 2.24) is 5.32 Å². The van der Waals surface area contributed by atoms with Crippen molar-refractivity contribution in [2.75, 3.05) is 0 Å². The smallest absolute Gasteiger partial charge is 0.239 e. The molecule has 0 radical (unpaired) electrons. The van der Waals surface area contributed by atoms with E-state index in [1.54, 1.807) is 6.07 Å². The van der Waals surface area contributed by atoms with Crippen molar-refractivity contribution in [2.45, 2.75) is 32.5 Å². The number of halogens is 2. The zero-order chi connectivity index (χ0) is 13.0. The number of hydrogen-bond acceptors (Lipinski definition) is 3. The van der Waals surface area contributed by atoms with Crippen LogP contribution in [0.15, 0.2) is 18.2 Å². The first-order valence-corrected chi connectivity index (χ1v) is 5.76. The maximum atomic E-state index is 11.5. The molecule has 0 unspecified atom stereocenters. The third-order valence-corrected chi connectivity index (χ3v) is 3.06. The number of aliphatic hydroxyl groups is 1. The molecule has 2 atom stereocenters. The van der Waals surface area contributed by atoms with Gasteiger partial charge in [-0.3, -0.25) is 4.79 Å². The Hall–Kier alpha value is -0.810.